The van der Waals surface area contributed by atoms with Crippen molar-refractivity contribution in [2.75, 3.05) is 48.0 Å². The number of nitrogens with one attached hydrogen (secondary N) is 1. The highest BCUT2D eigenvalue weighted by molar-refractivity contribution is 6.03. The minimum Gasteiger partial charge on any atom is -0.378 e. The van der Waals surface area contributed by atoms with Crippen LogP contribution < -0.4 is 15.1 Å². The first-order chi connectivity index (χ1) is 14.1. The Morgan fingerprint density at radius 3 is 2.59 bits per heavy atom. The maximum atomic E-state index is 12.7. The van der Waals surface area contributed by atoms with Gasteiger partial charge in [0.1, 0.15) is 0 Å². The molecule has 29 heavy (non-hydrogen) atoms. The van der Waals surface area contributed by atoms with Crippen LogP contribution in [-0.2, 0) is 20.7 Å². The quantitative estimate of drug-likeness (QED) is 0.848. The van der Waals surface area contributed by atoms with Crippen LogP contribution in [0.4, 0.5) is 17.1 Å². The standard InChI is InChI=1S/C23H27N3O3/c1-2-17-4-3-5-21(14-17)26-16-18(15-22(26)27)23(28)24-19-6-8-20(9-7-19)25-10-12-29-13-11-25/h3-9,14,18H,2,10-13,15-16H2,1H3,(H,24,28)/t18-/m1/s1. The van der Waals surface area contributed by atoms with E-state index in [0.717, 1.165) is 49.8 Å². The Morgan fingerprint density at radius 1 is 1.10 bits per heavy atom. The van der Waals surface area contributed by atoms with Gasteiger partial charge in [0.25, 0.3) is 0 Å². The lowest BCUT2D eigenvalue weighted by Crippen LogP contribution is -2.36. The molecule has 6 heteroatoms. The van der Waals surface area contributed by atoms with E-state index in [-0.39, 0.29) is 24.2 Å². The minimum atomic E-state index is -0.341. The first-order valence-electron chi connectivity index (χ1n) is 10.3. The Kier molecular flexibility index (Phi) is 5.81. The summed E-state index contributed by atoms with van der Waals surface area (Å²) in [7, 11) is 0. The lowest BCUT2D eigenvalue weighted by molar-refractivity contribution is -0.122. The van der Waals surface area contributed by atoms with Gasteiger partial charge >= 0.3 is 0 Å². The summed E-state index contributed by atoms with van der Waals surface area (Å²) in [4.78, 5) is 29.2. The summed E-state index contributed by atoms with van der Waals surface area (Å²) < 4.78 is 5.39. The number of carbonyl (C=O) groups is 2. The first-order valence-corrected chi connectivity index (χ1v) is 10.3. The Morgan fingerprint density at radius 2 is 1.86 bits per heavy atom. The SMILES string of the molecule is CCc1cccc(N2C[C@H](C(=O)Nc3ccc(N4CCOCC4)cc3)CC2=O)c1. The van der Waals surface area contributed by atoms with Gasteiger partial charge in [-0.3, -0.25) is 9.59 Å². The smallest absolute Gasteiger partial charge is 0.229 e. The number of carbonyl (C=O) groups excluding carboxylic acids is 2. The van der Waals surface area contributed by atoms with Crippen molar-refractivity contribution < 1.29 is 14.3 Å². The molecule has 0 spiro atoms. The van der Waals surface area contributed by atoms with Gasteiger partial charge in [-0.05, 0) is 48.4 Å². The molecule has 2 aromatic rings. The number of nitrogens with zero attached hydrogens (tertiary/aromatic N) is 2. The molecule has 2 saturated heterocycles. The Bertz CT molecular complexity index is 875. The number of morpholine rings is 1. The van der Waals surface area contributed by atoms with Crippen molar-refractivity contribution >= 4 is 28.9 Å². The van der Waals surface area contributed by atoms with Gasteiger partial charge in [0.05, 0.1) is 19.1 Å². The second kappa shape index (κ2) is 8.66. The molecule has 0 saturated carbocycles. The zero-order valence-electron chi connectivity index (χ0n) is 16.8. The lowest BCUT2D eigenvalue weighted by atomic mass is 10.1. The summed E-state index contributed by atoms with van der Waals surface area (Å²) in [6.45, 7) is 5.75. The van der Waals surface area contributed by atoms with Gasteiger partial charge in [0, 0.05) is 43.1 Å². The number of anilines is 3. The maximum Gasteiger partial charge on any atom is 0.229 e. The molecule has 6 nitrogen and oxygen atoms in total. The normalized spacial score (nSPS) is 19.5. The van der Waals surface area contributed by atoms with Crippen molar-refractivity contribution in [2.24, 2.45) is 5.92 Å². The molecule has 1 N–H and O–H groups in total. The number of aryl methyl sites for hydroxylation is 1. The second-order valence-corrected chi connectivity index (χ2v) is 7.56. The van der Waals surface area contributed by atoms with E-state index in [1.54, 1.807) is 4.90 Å². The number of amides is 2. The van der Waals surface area contributed by atoms with Gasteiger partial charge in [-0.2, -0.15) is 0 Å². The van der Waals surface area contributed by atoms with Crippen molar-refractivity contribution in [1.29, 1.82) is 0 Å². The topological polar surface area (TPSA) is 61.9 Å². The van der Waals surface area contributed by atoms with Crippen LogP contribution in [0.25, 0.3) is 0 Å². The van der Waals surface area contributed by atoms with Gasteiger partial charge in [-0.25, -0.2) is 0 Å². The van der Waals surface area contributed by atoms with Crippen molar-refractivity contribution in [3.8, 4) is 0 Å². The van der Waals surface area contributed by atoms with Gasteiger partial charge in [-0.1, -0.05) is 19.1 Å². The van der Waals surface area contributed by atoms with E-state index in [1.807, 2.05) is 42.5 Å². The molecular formula is C23H27N3O3. The molecule has 0 aliphatic carbocycles. The summed E-state index contributed by atoms with van der Waals surface area (Å²) in [6, 6.07) is 15.8. The van der Waals surface area contributed by atoms with E-state index in [1.165, 1.54) is 5.56 Å². The summed E-state index contributed by atoms with van der Waals surface area (Å²) in [5, 5.41) is 2.97. The third-order valence-corrected chi connectivity index (χ3v) is 5.64. The van der Waals surface area contributed by atoms with Crippen molar-refractivity contribution in [2.45, 2.75) is 19.8 Å². The van der Waals surface area contributed by atoms with Crippen LogP contribution in [0.2, 0.25) is 0 Å². The Hall–Kier alpha value is -2.86. The molecule has 152 valence electrons. The van der Waals surface area contributed by atoms with Gasteiger partial charge < -0.3 is 19.9 Å². The zero-order chi connectivity index (χ0) is 20.2. The average Bonchev–Trinajstić information content (AvgIpc) is 3.17. The van der Waals surface area contributed by atoms with Gasteiger partial charge in [0.15, 0.2) is 0 Å². The third-order valence-electron chi connectivity index (χ3n) is 5.64. The average molecular weight is 393 g/mol. The molecule has 0 radical (unpaired) electrons. The fourth-order valence-electron chi connectivity index (χ4n) is 3.90. The molecule has 4 rings (SSSR count). The molecule has 0 aromatic heterocycles. The van der Waals surface area contributed by atoms with Crippen LogP contribution in [0, 0.1) is 5.92 Å². The Balaban J connectivity index is 1.38. The molecule has 2 heterocycles. The third kappa shape index (κ3) is 4.43. The van der Waals surface area contributed by atoms with Crippen molar-refractivity contribution in [3.05, 3.63) is 54.1 Å². The highest BCUT2D eigenvalue weighted by atomic mass is 16.5. The molecule has 2 fully saturated rings. The van der Waals surface area contributed by atoms with Crippen LogP contribution in [0.15, 0.2) is 48.5 Å². The highest BCUT2D eigenvalue weighted by Crippen LogP contribution is 2.27. The maximum absolute atomic E-state index is 12.7. The molecule has 2 aliphatic rings. The largest absolute Gasteiger partial charge is 0.378 e. The van der Waals surface area contributed by atoms with Crippen molar-refractivity contribution in [3.63, 3.8) is 0 Å². The van der Waals surface area contributed by atoms with E-state index in [9.17, 15) is 9.59 Å². The fraction of sp³-hybridized carbons (Fsp3) is 0.391. The molecule has 0 bridgehead atoms. The monoisotopic (exact) mass is 393 g/mol. The molecule has 2 aliphatic heterocycles. The van der Waals surface area contributed by atoms with Crippen LogP contribution in [-0.4, -0.2) is 44.7 Å². The number of hydrogen-bond donors (Lipinski definition) is 1. The van der Waals surface area contributed by atoms with E-state index >= 15 is 0 Å². The zero-order valence-corrected chi connectivity index (χ0v) is 16.8. The molecule has 2 aromatic carbocycles. The summed E-state index contributed by atoms with van der Waals surface area (Å²) in [5.74, 6) is -0.445. The molecule has 1 atom stereocenters. The van der Waals surface area contributed by atoms with Crippen molar-refractivity contribution in [1.82, 2.24) is 0 Å². The summed E-state index contributed by atoms with van der Waals surface area (Å²) >= 11 is 0. The molecule has 2 amide bonds. The predicted molar refractivity (Wildman–Crippen MR) is 114 cm³/mol. The number of hydrogen-bond acceptors (Lipinski definition) is 4. The molecular weight excluding hydrogens is 366 g/mol. The van der Waals surface area contributed by atoms with Crippen LogP contribution in [0.1, 0.15) is 18.9 Å². The van der Waals surface area contributed by atoms with E-state index in [2.05, 4.69) is 23.2 Å². The number of ether oxygens (including phenoxy) is 1. The number of benzene rings is 2. The minimum absolute atomic E-state index is 0.000989. The lowest BCUT2D eigenvalue weighted by Gasteiger charge is -2.28. The van der Waals surface area contributed by atoms with Crippen LogP contribution in [0.3, 0.4) is 0 Å². The summed E-state index contributed by atoms with van der Waals surface area (Å²) in [5.41, 5.74) is 3.94. The summed E-state index contributed by atoms with van der Waals surface area (Å²) in [6.07, 6.45) is 1.16. The van der Waals surface area contributed by atoms with Crippen LogP contribution >= 0.6 is 0 Å². The van der Waals surface area contributed by atoms with E-state index < -0.39 is 0 Å². The van der Waals surface area contributed by atoms with Gasteiger partial charge in [-0.15, -0.1) is 0 Å². The highest BCUT2D eigenvalue weighted by Gasteiger charge is 2.35. The second-order valence-electron chi connectivity index (χ2n) is 7.56. The van der Waals surface area contributed by atoms with Crippen LogP contribution in [0.5, 0.6) is 0 Å². The van der Waals surface area contributed by atoms with E-state index in [0.29, 0.717) is 6.54 Å². The molecule has 0 unspecified atom stereocenters. The fourth-order valence-corrected chi connectivity index (χ4v) is 3.90. The number of rotatable bonds is 5. The van der Waals surface area contributed by atoms with Gasteiger partial charge in [0.2, 0.25) is 11.8 Å². The Labute approximate surface area is 171 Å². The predicted octanol–water partition coefficient (Wildman–Crippen LogP) is 3.08. The first kappa shape index (κ1) is 19.5. The van der Waals surface area contributed by atoms with E-state index in [4.69, 9.17) is 4.74 Å².